The van der Waals surface area contributed by atoms with Gasteiger partial charge in [-0.25, -0.2) is 0 Å². The Hall–Kier alpha value is -0.0800. The summed E-state index contributed by atoms with van der Waals surface area (Å²) in [5, 5.41) is 3.46. The molecular weight excluding hydrogens is 184 g/mol. The number of hydrogen-bond donors (Lipinski definition) is 1. The first-order valence-electron chi connectivity index (χ1n) is 6.81. The number of nitrogens with one attached hydrogen (secondary N) is 1. The monoisotopic (exact) mass is 210 g/mol. The first-order valence-corrected chi connectivity index (χ1v) is 6.81. The van der Waals surface area contributed by atoms with Crippen molar-refractivity contribution in [1.82, 2.24) is 10.2 Å². The molecule has 2 nitrogen and oxygen atoms in total. The van der Waals surface area contributed by atoms with E-state index in [-0.39, 0.29) is 0 Å². The van der Waals surface area contributed by atoms with Crippen LogP contribution in [0.5, 0.6) is 0 Å². The number of likely N-dealkylation sites (tertiary alicyclic amines) is 1. The van der Waals surface area contributed by atoms with Crippen molar-refractivity contribution in [2.45, 2.75) is 39.0 Å². The van der Waals surface area contributed by atoms with E-state index in [2.05, 4.69) is 17.1 Å². The minimum absolute atomic E-state index is 0.965. The Morgan fingerprint density at radius 1 is 1.27 bits per heavy atom. The zero-order valence-corrected chi connectivity index (χ0v) is 10.2. The molecule has 2 heteroatoms. The zero-order chi connectivity index (χ0) is 10.5. The molecule has 2 unspecified atom stereocenters. The fraction of sp³-hybridized carbons (Fsp3) is 1.00. The van der Waals surface area contributed by atoms with Crippen LogP contribution in [0.2, 0.25) is 0 Å². The van der Waals surface area contributed by atoms with Gasteiger partial charge in [0.2, 0.25) is 0 Å². The normalized spacial score (nSPS) is 33.4. The summed E-state index contributed by atoms with van der Waals surface area (Å²) in [6.07, 6.45) is 7.11. The smallest absolute Gasteiger partial charge is 0.000956 e. The Morgan fingerprint density at radius 2 is 2.20 bits per heavy atom. The largest absolute Gasteiger partial charge is 0.316 e. The highest BCUT2D eigenvalue weighted by Crippen LogP contribution is 2.20. The number of hydrogen-bond acceptors (Lipinski definition) is 2. The van der Waals surface area contributed by atoms with Gasteiger partial charge in [-0.1, -0.05) is 13.3 Å². The van der Waals surface area contributed by atoms with Crippen LogP contribution in [-0.2, 0) is 0 Å². The third-order valence-corrected chi connectivity index (χ3v) is 4.20. The van der Waals surface area contributed by atoms with Gasteiger partial charge in [0.25, 0.3) is 0 Å². The van der Waals surface area contributed by atoms with Crippen LogP contribution in [0.1, 0.15) is 39.0 Å². The van der Waals surface area contributed by atoms with Gasteiger partial charge < -0.3 is 10.2 Å². The topological polar surface area (TPSA) is 15.3 Å². The molecule has 0 aromatic rings. The van der Waals surface area contributed by atoms with Crippen LogP contribution in [0.3, 0.4) is 0 Å². The van der Waals surface area contributed by atoms with Gasteiger partial charge in [0.1, 0.15) is 0 Å². The van der Waals surface area contributed by atoms with Gasteiger partial charge in [-0.15, -0.1) is 0 Å². The lowest BCUT2D eigenvalue weighted by atomic mass is 9.95. The van der Waals surface area contributed by atoms with Crippen molar-refractivity contribution in [1.29, 1.82) is 0 Å². The molecule has 0 radical (unpaired) electrons. The summed E-state index contributed by atoms with van der Waals surface area (Å²) in [6.45, 7) is 8.94. The summed E-state index contributed by atoms with van der Waals surface area (Å²) >= 11 is 0. The third-order valence-electron chi connectivity index (χ3n) is 4.20. The average molecular weight is 210 g/mol. The summed E-state index contributed by atoms with van der Waals surface area (Å²) < 4.78 is 0. The number of piperidine rings is 1. The van der Waals surface area contributed by atoms with Gasteiger partial charge in [-0.2, -0.15) is 0 Å². The van der Waals surface area contributed by atoms with Crippen molar-refractivity contribution < 1.29 is 0 Å². The molecule has 0 bridgehead atoms. The van der Waals surface area contributed by atoms with Crippen molar-refractivity contribution in [3.63, 3.8) is 0 Å². The van der Waals surface area contributed by atoms with Gasteiger partial charge in [-0.05, 0) is 63.7 Å². The van der Waals surface area contributed by atoms with Gasteiger partial charge >= 0.3 is 0 Å². The Kier molecular flexibility index (Phi) is 4.45. The Labute approximate surface area is 94.4 Å². The predicted octanol–water partition coefficient (Wildman–Crippen LogP) is 2.11. The van der Waals surface area contributed by atoms with Crippen molar-refractivity contribution in [2.24, 2.45) is 11.8 Å². The quantitative estimate of drug-likeness (QED) is 0.764. The molecule has 0 aromatic heterocycles. The Balaban J connectivity index is 1.65. The maximum absolute atomic E-state index is 3.46. The second-order valence-electron chi connectivity index (χ2n) is 5.36. The van der Waals surface area contributed by atoms with Crippen LogP contribution in [0.15, 0.2) is 0 Å². The molecule has 2 aliphatic rings. The van der Waals surface area contributed by atoms with E-state index >= 15 is 0 Å². The van der Waals surface area contributed by atoms with E-state index in [1.165, 1.54) is 64.8 Å². The highest BCUT2D eigenvalue weighted by atomic mass is 15.1. The van der Waals surface area contributed by atoms with Crippen molar-refractivity contribution >= 4 is 0 Å². The highest BCUT2D eigenvalue weighted by molar-refractivity contribution is 4.76. The predicted molar refractivity (Wildman–Crippen MR) is 65.0 cm³/mol. The van der Waals surface area contributed by atoms with Gasteiger partial charge in [-0.3, -0.25) is 0 Å². The molecule has 0 saturated carbocycles. The molecule has 2 heterocycles. The van der Waals surface area contributed by atoms with E-state index in [1.54, 1.807) is 0 Å². The van der Waals surface area contributed by atoms with E-state index < -0.39 is 0 Å². The van der Waals surface area contributed by atoms with Crippen LogP contribution < -0.4 is 5.32 Å². The van der Waals surface area contributed by atoms with Crippen LogP contribution in [0.25, 0.3) is 0 Å². The van der Waals surface area contributed by atoms with Gasteiger partial charge in [0, 0.05) is 6.54 Å². The molecule has 2 aliphatic heterocycles. The van der Waals surface area contributed by atoms with Crippen molar-refractivity contribution in [3.05, 3.63) is 0 Å². The maximum atomic E-state index is 3.46. The molecular formula is C13H26N2. The average Bonchev–Trinajstić information content (AvgIpc) is 2.79. The standard InChI is InChI=1S/C13H26N2/c1-2-12-4-3-8-15(11-12)9-6-13-5-7-14-10-13/h12-14H,2-11H2,1H3. The fourth-order valence-electron chi connectivity index (χ4n) is 3.01. The van der Waals surface area contributed by atoms with Gasteiger partial charge in [0.05, 0.1) is 0 Å². The zero-order valence-electron chi connectivity index (χ0n) is 10.2. The molecule has 0 aromatic carbocycles. The third kappa shape index (κ3) is 3.46. The Morgan fingerprint density at radius 3 is 2.93 bits per heavy atom. The second kappa shape index (κ2) is 5.86. The highest BCUT2D eigenvalue weighted by Gasteiger charge is 2.20. The molecule has 2 fully saturated rings. The molecule has 0 aliphatic carbocycles. The molecule has 2 saturated heterocycles. The van der Waals surface area contributed by atoms with Crippen LogP contribution in [0, 0.1) is 11.8 Å². The van der Waals surface area contributed by atoms with E-state index in [4.69, 9.17) is 0 Å². The summed E-state index contributed by atoms with van der Waals surface area (Å²) in [4.78, 5) is 2.70. The van der Waals surface area contributed by atoms with Crippen molar-refractivity contribution in [3.8, 4) is 0 Å². The number of nitrogens with zero attached hydrogens (tertiary/aromatic N) is 1. The molecule has 1 N–H and O–H groups in total. The van der Waals surface area contributed by atoms with E-state index in [1.807, 2.05) is 0 Å². The van der Waals surface area contributed by atoms with E-state index in [0.29, 0.717) is 0 Å². The molecule has 0 spiro atoms. The summed E-state index contributed by atoms with van der Waals surface area (Å²) in [5.74, 6) is 1.95. The Bertz CT molecular complexity index is 175. The van der Waals surface area contributed by atoms with Crippen LogP contribution >= 0.6 is 0 Å². The molecule has 2 rings (SSSR count). The number of rotatable bonds is 4. The first kappa shape index (κ1) is 11.4. The lowest BCUT2D eigenvalue weighted by Gasteiger charge is -2.32. The fourth-order valence-corrected chi connectivity index (χ4v) is 3.01. The summed E-state index contributed by atoms with van der Waals surface area (Å²) in [5.41, 5.74) is 0. The van der Waals surface area contributed by atoms with Crippen LogP contribution in [0.4, 0.5) is 0 Å². The molecule has 0 amide bonds. The minimum atomic E-state index is 0.965. The molecule has 15 heavy (non-hydrogen) atoms. The summed E-state index contributed by atoms with van der Waals surface area (Å²) in [6, 6.07) is 0. The lowest BCUT2D eigenvalue weighted by Crippen LogP contribution is -2.36. The summed E-state index contributed by atoms with van der Waals surface area (Å²) in [7, 11) is 0. The van der Waals surface area contributed by atoms with Crippen molar-refractivity contribution in [2.75, 3.05) is 32.7 Å². The van der Waals surface area contributed by atoms with Gasteiger partial charge in [0.15, 0.2) is 0 Å². The molecule has 88 valence electrons. The SMILES string of the molecule is CCC1CCCN(CCC2CCNC2)C1. The van der Waals surface area contributed by atoms with Crippen LogP contribution in [-0.4, -0.2) is 37.6 Å². The lowest BCUT2D eigenvalue weighted by molar-refractivity contribution is 0.163. The second-order valence-corrected chi connectivity index (χ2v) is 5.36. The maximum Gasteiger partial charge on any atom is 0.000956 e. The van der Waals surface area contributed by atoms with E-state index in [9.17, 15) is 0 Å². The van der Waals surface area contributed by atoms with E-state index in [0.717, 1.165) is 11.8 Å². The first-order chi connectivity index (χ1) is 7.38. The minimum Gasteiger partial charge on any atom is -0.316 e. The molecule has 2 atom stereocenters.